The summed E-state index contributed by atoms with van der Waals surface area (Å²) < 4.78 is 0. The van der Waals surface area contributed by atoms with E-state index >= 15 is 0 Å². The Labute approximate surface area is 175 Å². The number of likely N-dealkylation sites (tertiary alicyclic amines) is 1. The fourth-order valence-corrected chi connectivity index (χ4v) is 4.97. The quantitative estimate of drug-likeness (QED) is 0.691. The van der Waals surface area contributed by atoms with Gasteiger partial charge in [0.15, 0.2) is 0 Å². The Morgan fingerprint density at radius 3 is 2.31 bits per heavy atom. The zero-order valence-electron chi connectivity index (χ0n) is 17.5. The minimum Gasteiger partial charge on any atom is -0.335 e. The van der Waals surface area contributed by atoms with E-state index in [-0.39, 0.29) is 12.1 Å². The molecule has 2 aromatic rings. The lowest BCUT2D eigenvalue weighted by molar-refractivity contribution is 0.161. The summed E-state index contributed by atoms with van der Waals surface area (Å²) in [4.78, 5) is 15.1. The second-order valence-electron chi connectivity index (χ2n) is 8.95. The summed E-state index contributed by atoms with van der Waals surface area (Å²) in [5.41, 5.74) is 0.850. The lowest BCUT2D eigenvalue weighted by Gasteiger charge is -2.35. The molecule has 1 saturated carbocycles. The average molecular weight is 394 g/mol. The Kier molecular flexibility index (Phi) is 7.04. The third-order valence-corrected chi connectivity index (χ3v) is 6.67. The Morgan fingerprint density at radius 1 is 0.862 bits per heavy atom. The summed E-state index contributed by atoms with van der Waals surface area (Å²) in [6, 6.07) is 14.5. The molecule has 1 aliphatic heterocycles. The van der Waals surface area contributed by atoms with Gasteiger partial charge in [-0.3, -0.25) is 0 Å². The van der Waals surface area contributed by atoms with Gasteiger partial charge in [-0.15, -0.1) is 0 Å². The minimum atomic E-state index is -0.0845. The van der Waals surface area contributed by atoms with Crippen LogP contribution in [0.4, 0.5) is 10.5 Å². The lowest BCUT2D eigenvalue weighted by atomic mass is 9.90. The van der Waals surface area contributed by atoms with Crippen LogP contribution in [0.15, 0.2) is 42.5 Å². The van der Waals surface area contributed by atoms with E-state index in [1.54, 1.807) is 0 Å². The number of carbonyl (C=O) groups excluding carboxylic acids is 1. The molecule has 4 nitrogen and oxygen atoms in total. The molecule has 29 heavy (non-hydrogen) atoms. The predicted octanol–water partition coefficient (Wildman–Crippen LogP) is 5.79. The zero-order valence-corrected chi connectivity index (χ0v) is 17.5. The maximum Gasteiger partial charge on any atom is 0.319 e. The molecular formula is C25H35N3O. The number of hydrogen-bond donors (Lipinski definition) is 2. The van der Waals surface area contributed by atoms with E-state index in [1.807, 2.05) is 24.3 Å². The second kappa shape index (κ2) is 10.1. The van der Waals surface area contributed by atoms with Crippen LogP contribution >= 0.6 is 0 Å². The molecule has 0 atom stereocenters. The molecule has 4 rings (SSSR count). The average Bonchev–Trinajstić information content (AvgIpc) is 2.71. The molecule has 0 bridgehead atoms. The topological polar surface area (TPSA) is 44.4 Å². The molecule has 2 aliphatic rings. The molecule has 156 valence electrons. The van der Waals surface area contributed by atoms with E-state index in [0.29, 0.717) is 0 Å². The molecular weight excluding hydrogens is 358 g/mol. The van der Waals surface area contributed by atoms with Gasteiger partial charge in [-0.25, -0.2) is 4.79 Å². The van der Waals surface area contributed by atoms with Crippen LogP contribution in [0, 0.1) is 5.92 Å². The first-order chi connectivity index (χ1) is 14.3. The molecule has 2 N–H and O–H groups in total. The van der Waals surface area contributed by atoms with Gasteiger partial charge >= 0.3 is 6.03 Å². The fraction of sp³-hybridized carbons (Fsp3) is 0.560. The van der Waals surface area contributed by atoms with E-state index < -0.39 is 0 Å². The normalized spacial score (nSPS) is 20.1. The number of benzene rings is 2. The number of hydrogen-bond acceptors (Lipinski definition) is 2. The number of urea groups is 1. The highest BCUT2D eigenvalue weighted by Crippen LogP contribution is 2.24. The Hall–Kier alpha value is -2.07. The molecule has 1 saturated heterocycles. The van der Waals surface area contributed by atoms with Crippen molar-refractivity contribution in [1.82, 2.24) is 10.2 Å². The lowest BCUT2D eigenvalue weighted by Crippen LogP contribution is -2.46. The summed E-state index contributed by atoms with van der Waals surface area (Å²) in [6.07, 6.45) is 12.0. The third kappa shape index (κ3) is 5.96. The monoisotopic (exact) mass is 393 g/mol. The Morgan fingerprint density at radius 2 is 1.55 bits per heavy atom. The molecule has 0 spiro atoms. The van der Waals surface area contributed by atoms with Crippen LogP contribution in [0.3, 0.4) is 0 Å². The van der Waals surface area contributed by atoms with Crippen molar-refractivity contribution < 1.29 is 4.79 Å². The van der Waals surface area contributed by atoms with Crippen molar-refractivity contribution in [3.63, 3.8) is 0 Å². The van der Waals surface area contributed by atoms with Crippen LogP contribution in [0.5, 0.6) is 0 Å². The van der Waals surface area contributed by atoms with E-state index in [2.05, 4.69) is 33.7 Å². The van der Waals surface area contributed by atoms with Gasteiger partial charge in [-0.05, 0) is 54.5 Å². The summed E-state index contributed by atoms with van der Waals surface area (Å²) in [7, 11) is 0. The molecule has 1 heterocycles. The maximum atomic E-state index is 12.5. The standard InChI is InChI=1S/C25H35N3O/c29-25(27-24-13-12-21-10-6-7-11-22(21)18-24)26-23-14-16-28(17-15-23)19-20-8-4-2-1-3-5-9-20/h6-7,10-13,18,20,23H,1-5,8-9,14-17,19H2,(H2,26,27,29). The number of fused-ring (bicyclic) bond motifs is 1. The van der Waals surface area contributed by atoms with Gasteiger partial charge in [0.2, 0.25) is 0 Å². The smallest absolute Gasteiger partial charge is 0.319 e. The summed E-state index contributed by atoms with van der Waals surface area (Å²) >= 11 is 0. The summed E-state index contributed by atoms with van der Waals surface area (Å²) in [6.45, 7) is 3.48. The molecule has 0 aromatic heterocycles. The first-order valence-electron chi connectivity index (χ1n) is 11.5. The molecule has 4 heteroatoms. The summed E-state index contributed by atoms with van der Waals surface area (Å²) in [5, 5.41) is 8.52. The van der Waals surface area contributed by atoms with Crippen molar-refractivity contribution in [3.8, 4) is 0 Å². The van der Waals surface area contributed by atoms with Gasteiger partial charge in [-0.2, -0.15) is 0 Å². The van der Waals surface area contributed by atoms with Crippen LogP contribution < -0.4 is 10.6 Å². The van der Waals surface area contributed by atoms with Gasteiger partial charge in [-0.1, -0.05) is 62.4 Å². The first kappa shape index (κ1) is 20.2. The van der Waals surface area contributed by atoms with Crippen molar-refractivity contribution in [3.05, 3.63) is 42.5 Å². The van der Waals surface area contributed by atoms with Crippen molar-refractivity contribution in [1.29, 1.82) is 0 Å². The maximum absolute atomic E-state index is 12.5. The van der Waals surface area contributed by atoms with E-state index in [4.69, 9.17) is 0 Å². The largest absolute Gasteiger partial charge is 0.335 e. The zero-order chi connectivity index (χ0) is 19.9. The van der Waals surface area contributed by atoms with Crippen LogP contribution in [-0.4, -0.2) is 36.6 Å². The van der Waals surface area contributed by atoms with Crippen molar-refractivity contribution in [2.75, 3.05) is 25.0 Å². The Bertz CT molecular complexity index is 790. The van der Waals surface area contributed by atoms with Gasteiger partial charge in [0.25, 0.3) is 0 Å². The van der Waals surface area contributed by atoms with Gasteiger partial charge in [0, 0.05) is 31.4 Å². The van der Waals surface area contributed by atoms with Crippen molar-refractivity contribution in [2.45, 2.75) is 63.8 Å². The number of carbonyl (C=O) groups is 1. The number of anilines is 1. The SMILES string of the molecule is O=C(Nc1ccc2ccccc2c1)NC1CCN(CC2CCCCCCC2)CC1. The number of piperidine rings is 1. The van der Waals surface area contributed by atoms with E-state index in [1.165, 1.54) is 56.9 Å². The number of rotatable bonds is 4. The predicted molar refractivity (Wildman–Crippen MR) is 121 cm³/mol. The molecule has 2 fully saturated rings. The van der Waals surface area contributed by atoms with Crippen LogP contribution in [-0.2, 0) is 0 Å². The molecule has 0 radical (unpaired) electrons. The highest BCUT2D eigenvalue weighted by atomic mass is 16.2. The second-order valence-corrected chi connectivity index (χ2v) is 8.95. The molecule has 1 aliphatic carbocycles. The van der Waals surface area contributed by atoms with Crippen molar-refractivity contribution >= 4 is 22.5 Å². The number of nitrogens with one attached hydrogen (secondary N) is 2. The van der Waals surface area contributed by atoms with Crippen LogP contribution in [0.2, 0.25) is 0 Å². The van der Waals surface area contributed by atoms with Crippen LogP contribution in [0.25, 0.3) is 10.8 Å². The fourth-order valence-electron chi connectivity index (χ4n) is 4.97. The minimum absolute atomic E-state index is 0.0845. The molecule has 0 unspecified atom stereocenters. The van der Waals surface area contributed by atoms with Gasteiger partial charge < -0.3 is 15.5 Å². The molecule has 2 aromatic carbocycles. The summed E-state index contributed by atoms with van der Waals surface area (Å²) in [5.74, 6) is 0.885. The van der Waals surface area contributed by atoms with Gasteiger partial charge in [0.05, 0.1) is 0 Å². The number of amides is 2. The highest BCUT2D eigenvalue weighted by molar-refractivity contribution is 5.93. The van der Waals surface area contributed by atoms with E-state index in [9.17, 15) is 4.79 Å². The van der Waals surface area contributed by atoms with Crippen LogP contribution in [0.1, 0.15) is 57.8 Å². The van der Waals surface area contributed by atoms with Crippen molar-refractivity contribution in [2.24, 2.45) is 5.92 Å². The molecule has 2 amide bonds. The Balaban J connectivity index is 1.21. The van der Waals surface area contributed by atoms with E-state index in [0.717, 1.165) is 42.9 Å². The highest BCUT2D eigenvalue weighted by Gasteiger charge is 2.23. The number of nitrogens with zero attached hydrogens (tertiary/aromatic N) is 1. The third-order valence-electron chi connectivity index (χ3n) is 6.67. The van der Waals surface area contributed by atoms with Gasteiger partial charge in [0.1, 0.15) is 0 Å². The first-order valence-corrected chi connectivity index (χ1v) is 11.5.